The number of nitrogens with zero attached hydrogens (tertiary/aromatic N) is 3. The van der Waals surface area contributed by atoms with Crippen molar-refractivity contribution in [2.24, 2.45) is 0 Å². The van der Waals surface area contributed by atoms with E-state index in [0.717, 1.165) is 13.1 Å². The fraction of sp³-hybridized carbons (Fsp3) is 0.294. The first-order valence-electron chi connectivity index (χ1n) is 7.53. The van der Waals surface area contributed by atoms with Gasteiger partial charge in [-0.3, -0.25) is 10.1 Å². The maximum atomic E-state index is 15.1. The van der Waals surface area contributed by atoms with Crippen molar-refractivity contribution >= 4 is 11.4 Å². The zero-order chi connectivity index (χ0) is 16.4. The highest BCUT2D eigenvalue weighted by Crippen LogP contribution is 2.37. The first kappa shape index (κ1) is 15.4. The van der Waals surface area contributed by atoms with Gasteiger partial charge in [-0.15, -0.1) is 0 Å². The van der Waals surface area contributed by atoms with E-state index in [1.807, 2.05) is 11.9 Å². The lowest BCUT2D eigenvalue weighted by molar-refractivity contribution is -0.384. The van der Waals surface area contributed by atoms with Crippen molar-refractivity contribution in [2.45, 2.75) is 0 Å². The zero-order valence-electron chi connectivity index (χ0n) is 12.9. The van der Waals surface area contributed by atoms with Crippen LogP contribution in [0.1, 0.15) is 0 Å². The number of hydrogen-bond donors (Lipinski definition) is 0. The third-order valence-electron chi connectivity index (χ3n) is 4.20. The highest BCUT2D eigenvalue weighted by atomic mass is 19.1. The molecular formula is C17H18FN3O2. The van der Waals surface area contributed by atoms with Crippen LogP contribution in [0.25, 0.3) is 11.1 Å². The molecule has 0 N–H and O–H groups in total. The van der Waals surface area contributed by atoms with Crippen LogP contribution >= 0.6 is 0 Å². The first-order chi connectivity index (χ1) is 11.1. The van der Waals surface area contributed by atoms with Gasteiger partial charge in [-0.25, -0.2) is 4.39 Å². The Morgan fingerprint density at radius 2 is 1.70 bits per heavy atom. The van der Waals surface area contributed by atoms with Crippen molar-refractivity contribution in [1.82, 2.24) is 4.90 Å². The molecule has 0 saturated carbocycles. The van der Waals surface area contributed by atoms with Crippen LogP contribution in [-0.4, -0.2) is 43.0 Å². The van der Waals surface area contributed by atoms with Crippen molar-refractivity contribution in [3.63, 3.8) is 0 Å². The van der Waals surface area contributed by atoms with Crippen molar-refractivity contribution in [3.8, 4) is 11.1 Å². The van der Waals surface area contributed by atoms with Gasteiger partial charge in [0.15, 0.2) is 5.82 Å². The van der Waals surface area contributed by atoms with Crippen LogP contribution in [-0.2, 0) is 0 Å². The van der Waals surface area contributed by atoms with Gasteiger partial charge in [-0.2, -0.15) is 0 Å². The number of piperazine rings is 1. The maximum Gasteiger partial charge on any atom is 0.280 e. The normalized spacial score (nSPS) is 15.7. The molecule has 1 aliphatic rings. The van der Waals surface area contributed by atoms with Crippen LogP contribution in [0, 0.1) is 15.9 Å². The summed E-state index contributed by atoms with van der Waals surface area (Å²) in [5.41, 5.74) is 0.814. The maximum absolute atomic E-state index is 15.1. The van der Waals surface area contributed by atoms with E-state index >= 15 is 4.39 Å². The van der Waals surface area contributed by atoms with E-state index < -0.39 is 10.7 Å². The summed E-state index contributed by atoms with van der Waals surface area (Å²) in [6.45, 7) is 3.10. The summed E-state index contributed by atoms with van der Waals surface area (Å²) in [6, 6.07) is 11.6. The lowest BCUT2D eigenvalue weighted by Crippen LogP contribution is -2.44. The molecule has 5 nitrogen and oxygen atoms in total. The predicted molar refractivity (Wildman–Crippen MR) is 88.2 cm³/mol. The molecule has 2 aromatic rings. The van der Waals surface area contributed by atoms with Gasteiger partial charge in [0.2, 0.25) is 0 Å². The van der Waals surface area contributed by atoms with Gasteiger partial charge in [0, 0.05) is 32.2 Å². The van der Waals surface area contributed by atoms with Crippen LogP contribution in [0.4, 0.5) is 15.8 Å². The minimum atomic E-state index is -0.529. The Hall–Kier alpha value is -2.47. The minimum absolute atomic E-state index is 0.0621. The molecule has 3 rings (SSSR count). The second kappa shape index (κ2) is 6.34. The Kier molecular flexibility index (Phi) is 4.25. The molecule has 6 heteroatoms. The summed E-state index contributed by atoms with van der Waals surface area (Å²) in [6.07, 6.45) is 0. The predicted octanol–water partition coefficient (Wildman–Crippen LogP) is 3.15. The molecule has 0 radical (unpaired) electrons. The Bertz CT molecular complexity index is 713. The summed E-state index contributed by atoms with van der Waals surface area (Å²) in [7, 11) is 2.03. The Morgan fingerprint density at radius 3 is 2.30 bits per heavy atom. The van der Waals surface area contributed by atoms with E-state index in [1.54, 1.807) is 30.3 Å². The summed E-state index contributed by atoms with van der Waals surface area (Å²) >= 11 is 0. The van der Waals surface area contributed by atoms with E-state index in [0.29, 0.717) is 24.3 Å². The van der Waals surface area contributed by atoms with Gasteiger partial charge >= 0.3 is 0 Å². The molecule has 120 valence electrons. The third-order valence-corrected chi connectivity index (χ3v) is 4.20. The van der Waals surface area contributed by atoms with Gasteiger partial charge in [-0.05, 0) is 18.7 Å². The number of halogens is 1. The number of benzene rings is 2. The number of hydrogen-bond acceptors (Lipinski definition) is 4. The van der Waals surface area contributed by atoms with E-state index in [9.17, 15) is 10.1 Å². The summed E-state index contributed by atoms with van der Waals surface area (Å²) in [5.74, 6) is -0.519. The van der Waals surface area contributed by atoms with Gasteiger partial charge in [-0.1, -0.05) is 30.3 Å². The van der Waals surface area contributed by atoms with Crippen LogP contribution < -0.4 is 4.90 Å². The molecular weight excluding hydrogens is 297 g/mol. The molecule has 23 heavy (non-hydrogen) atoms. The number of nitro benzene ring substituents is 1. The highest BCUT2D eigenvalue weighted by Gasteiger charge is 2.26. The second-order valence-electron chi connectivity index (χ2n) is 5.71. The van der Waals surface area contributed by atoms with Crippen molar-refractivity contribution in [2.75, 3.05) is 38.1 Å². The molecule has 1 fully saturated rings. The molecule has 2 aromatic carbocycles. The molecule has 1 saturated heterocycles. The number of rotatable bonds is 3. The average molecular weight is 315 g/mol. The summed E-state index contributed by atoms with van der Waals surface area (Å²) in [5, 5.41) is 11.3. The van der Waals surface area contributed by atoms with E-state index in [2.05, 4.69) is 4.90 Å². The smallest absolute Gasteiger partial charge is 0.280 e. The molecule has 0 unspecified atom stereocenters. The van der Waals surface area contributed by atoms with Gasteiger partial charge < -0.3 is 9.80 Å². The minimum Gasteiger partial charge on any atom is -0.367 e. The monoisotopic (exact) mass is 315 g/mol. The van der Waals surface area contributed by atoms with Crippen molar-refractivity contribution in [1.29, 1.82) is 0 Å². The number of anilines is 1. The average Bonchev–Trinajstić information content (AvgIpc) is 2.56. The molecule has 1 heterocycles. The molecule has 0 bridgehead atoms. The molecule has 0 amide bonds. The largest absolute Gasteiger partial charge is 0.367 e. The van der Waals surface area contributed by atoms with Gasteiger partial charge in [0.25, 0.3) is 5.69 Å². The molecule has 0 aliphatic carbocycles. The second-order valence-corrected chi connectivity index (χ2v) is 5.71. The summed E-state index contributed by atoms with van der Waals surface area (Å²) < 4.78 is 15.1. The molecule has 0 aromatic heterocycles. The standard InChI is InChI=1S/C17H18FN3O2/c1-19-9-11-20(12-10-19)15-8-7-14(21(22)23)16(17(15)18)13-5-3-2-4-6-13/h2-8H,9-12H2,1H3. The number of likely N-dealkylation sites (N-methyl/N-ethyl adjacent to an activating group) is 1. The van der Waals surface area contributed by atoms with Crippen molar-refractivity contribution in [3.05, 3.63) is 58.4 Å². The third kappa shape index (κ3) is 3.03. The SMILES string of the molecule is CN1CCN(c2ccc([N+](=O)[O-])c(-c3ccccc3)c2F)CC1. The molecule has 0 atom stereocenters. The van der Waals surface area contributed by atoms with Crippen LogP contribution in [0.15, 0.2) is 42.5 Å². The molecule has 0 spiro atoms. The highest BCUT2D eigenvalue weighted by molar-refractivity contribution is 5.78. The van der Waals surface area contributed by atoms with Crippen LogP contribution in [0.2, 0.25) is 0 Å². The van der Waals surface area contributed by atoms with Gasteiger partial charge in [0.05, 0.1) is 16.2 Å². The lowest BCUT2D eigenvalue weighted by atomic mass is 10.0. The van der Waals surface area contributed by atoms with Crippen LogP contribution in [0.5, 0.6) is 0 Å². The van der Waals surface area contributed by atoms with E-state index in [-0.39, 0.29) is 11.3 Å². The topological polar surface area (TPSA) is 49.6 Å². The zero-order valence-corrected chi connectivity index (χ0v) is 12.9. The fourth-order valence-electron chi connectivity index (χ4n) is 2.88. The quantitative estimate of drug-likeness (QED) is 0.645. The Labute approximate surface area is 134 Å². The van der Waals surface area contributed by atoms with E-state index in [4.69, 9.17) is 0 Å². The Balaban J connectivity index is 2.09. The van der Waals surface area contributed by atoms with Gasteiger partial charge in [0.1, 0.15) is 0 Å². The first-order valence-corrected chi connectivity index (χ1v) is 7.53. The Morgan fingerprint density at radius 1 is 1.04 bits per heavy atom. The van der Waals surface area contributed by atoms with E-state index in [1.165, 1.54) is 12.1 Å². The number of nitro groups is 1. The molecule has 1 aliphatic heterocycles. The fourth-order valence-corrected chi connectivity index (χ4v) is 2.88. The lowest BCUT2D eigenvalue weighted by Gasteiger charge is -2.34. The van der Waals surface area contributed by atoms with Crippen molar-refractivity contribution < 1.29 is 9.31 Å². The van der Waals surface area contributed by atoms with Crippen LogP contribution in [0.3, 0.4) is 0 Å². The summed E-state index contributed by atoms with van der Waals surface area (Å²) in [4.78, 5) is 14.9.